The predicted molar refractivity (Wildman–Crippen MR) is 135 cm³/mol. The molecule has 2 aromatic carbocycles. The van der Waals surface area contributed by atoms with E-state index in [0.29, 0.717) is 44.2 Å². The molecule has 0 saturated carbocycles. The van der Waals surface area contributed by atoms with Crippen LogP contribution in [0.3, 0.4) is 0 Å². The molecule has 2 aromatic heterocycles. The number of sulfonamides is 1. The Morgan fingerprint density at radius 3 is 2.51 bits per heavy atom. The molecule has 1 aliphatic rings. The molecule has 7 nitrogen and oxygen atoms in total. The minimum Gasteiger partial charge on any atom is -0.379 e. The summed E-state index contributed by atoms with van der Waals surface area (Å²) in [7, 11) is -3.63. The first-order valence-corrected chi connectivity index (χ1v) is 13.9. The zero-order chi connectivity index (χ0) is 24.3. The van der Waals surface area contributed by atoms with Gasteiger partial charge in [0.05, 0.1) is 23.8 Å². The Balaban J connectivity index is 1.35. The highest BCUT2D eigenvalue weighted by Crippen LogP contribution is 2.25. The number of hydrogen-bond acceptors (Lipinski definition) is 6. The monoisotopic (exact) mass is 514 g/mol. The Kier molecular flexibility index (Phi) is 7.26. The van der Waals surface area contributed by atoms with Crippen molar-refractivity contribution in [3.63, 3.8) is 0 Å². The lowest BCUT2D eigenvalue weighted by Crippen LogP contribution is -2.43. The van der Waals surface area contributed by atoms with Crippen molar-refractivity contribution in [1.82, 2.24) is 18.6 Å². The van der Waals surface area contributed by atoms with E-state index in [1.54, 1.807) is 40.7 Å². The van der Waals surface area contributed by atoms with Gasteiger partial charge in [-0.15, -0.1) is 11.3 Å². The first kappa shape index (κ1) is 24.1. The van der Waals surface area contributed by atoms with Crippen LogP contribution in [-0.4, -0.2) is 72.9 Å². The molecule has 3 heterocycles. The highest BCUT2D eigenvalue weighted by atomic mass is 32.2. The minimum atomic E-state index is -3.63. The summed E-state index contributed by atoms with van der Waals surface area (Å²) in [6.07, 6.45) is 2.48. The van der Waals surface area contributed by atoms with Crippen molar-refractivity contribution < 1.29 is 17.5 Å². The van der Waals surface area contributed by atoms with Gasteiger partial charge in [-0.05, 0) is 36.4 Å². The summed E-state index contributed by atoms with van der Waals surface area (Å²) in [5, 5.41) is 2.02. The van der Waals surface area contributed by atoms with E-state index in [9.17, 15) is 12.8 Å². The molecule has 0 spiro atoms. The van der Waals surface area contributed by atoms with Crippen molar-refractivity contribution in [3.05, 3.63) is 77.7 Å². The lowest BCUT2D eigenvalue weighted by molar-refractivity contribution is 0.0363. The average Bonchev–Trinajstić information content (AvgIpc) is 3.47. The molecule has 0 atom stereocenters. The van der Waals surface area contributed by atoms with Crippen LogP contribution in [0, 0.1) is 5.82 Å². The third kappa shape index (κ3) is 5.46. The number of morpholine rings is 1. The number of aromatic nitrogens is 2. The van der Waals surface area contributed by atoms with Crippen LogP contribution in [0.25, 0.3) is 16.2 Å². The average molecular weight is 515 g/mol. The molecule has 184 valence electrons. The van der Waals surface area contributed by atoms with Gasteiger partial charge < -0.3 is 4.74 Å². The third-order valence-electron chi connectivity index (χ3n) is 6.19. The fraction of sp³-hybridized carbons (Fsp3) is 0.320. The Bertz CT molecular complexity index is 1360. The standard InChI is InChI=1S/C25H27FN4O3S2/c26-21-8-6-20(7-9-21)24-18-30-22(19-34-25(30)27-24)10-11-29(13-12-28-14-16-33-17-15-28)35(31,32)23-4-2-1-3-5-23/h1-9,18-19H,10-17H2. The first-order chi connectivity index (χ1) is 17.0. The van der Waals surface area contributed by atoms with Crippen LogP contribution in [0.4, 0.5) is 4.39 Å². The van der Waals surface area contributed by atoms with Gasteiger partial charge in [0.15, 0.2) is 4.96 Å². The molecule has 0 N–H and O–H groups in total. The number of thiazole rings is 1. The van der Waals surface area contributed by atoms with E-state index >= 15 is 0 Å². The number of halogens is 1. The van der Waals surface area contributed by atoms with Crippen LogP contribution in [0.15, 0.2) is 71.1 Å². The lowest BCUT2D eigenvalue weighted by Gasteiger charge is -2.29. The van der Waals surface area contributed by atoms with E-state index in [2.05, 4.69) is 9.88 Å². The third-order valence-corrected chi connectivity index (χ3v) is 8.99. The normalized spacial score (nSPS) is 15.3. The first-order valence-electron chi connectivity index (χ1n) is 11.6. The quantitative estimate of drug-likeness (QED) is 0.340. The van der Waals surface area contributed by atoms with Crippen LogP contribution in [0.2, 0.25) is 0 Å². The Labute approximate surface area is 208 Å². The lowest BCUT2D eigenvalue weighted by atomic mass is 10.2. The summed E-state index contributed by atoms with van der Waals surface area (Å²) in [5.41, 5.74) is 2.59. The number of benzene rings is 2. The van der Waals surface area contributed by atoms with Crippen LogP contribution in [-0.2, 0) is 21.2 Å². The molecule has 4 aromatic rings. The van der Waals surface area contributed by atoms with Crippen molar-refractivity contribution in [3.8, 4) is 11.3 Å². The van der Waals surface area contributed by atoms with E-state index in [1.165, 1.54) is 23.5 Å². The van der Waals surface area contributed by atoms with Gasteiger partial charge in [-0.1, -0.05) is 18.2 Å². The second-order valence-electron chi connectivity index (χ2n) is 8.43. The van der Waals surface area contributed by atoms with Crippen LogP contribution in [0.1, 0.15) is 5.69 Å². The molecular weight excluding hydrogens is 487 g/mol. The van der Waals surface area contributed by atoms with Gasteiger partial charge >= 0.3 is 0 Å². The number of rotatable bonds is 9. The van der Waals surface area contributed by atoms with Gasteiger partial charge in [-0.3, -0.25) is 9.30 Å². The molecule has 0 unspecified atom stereocenters. The molecule has 1 aliphatic heterocycles. The second kappa shape index (κ2) is 10.5. The number of fused-ring (bicyclic) bond motifs is 1. The maximum Gasteiger partial charge on any atom is 0.243 e. The van der Waals surface area contributed by atoms with Crippen LogP contribution >= 0.6 is 11.3 Å². The Morgan fingerprint density at radius 1 is 1.03 bits per heavy atom. The van der Waals surface area contributed by atoms with E-state index in [1.807, 2.05) is 22.0 Å². The summed E-state index contributed by atoms with van der Waals surface area (Å²) in [6.45, 7) is 4.41. The van der Waals surface area contributed by atoms with E-state index in [0.717, 1.165) is 35.0 Å². The summed E-state index contributed by atoms with van der Waals surface area (Å²) < 4.78 is 49.3. The number of nitrogens with zero attached hydrogens (tertiary/aromatic N) is 4. The van der Waals surface area contributed by atoms with Crippen molar-refractivity contribution in [2.24, 2.45) is 0 Å². The highest BCUT2D eigenvalue weighted by molar-refractivity contribution is 7.89. The largest absolute Gasteiger partial charge is 0.379 e. The summed E-state index contributed by atoms with van der Waals surface area (Å²) in [5.74, 6) is -0.285. The van der Waals surface area contributed by atoms with E-state index in [-0.39, 0.29) is 5.82 Å². The topological polar surface area (TPSA) is 67.2 Å². The van der Waals surface area contributed by atoms with Crippen molar-refractivity contribution in [1.29, 1.82) is 0 Å². The molecule has 0 bridgehead atoms. The molecule has 10 heteroatoms. The van der Waals surface area contributed by atoms with Gasteiger partial charge in [0, 0.05) is 62.0 Å². The fourth-order valence-electron chi connectivity index (χ4n) is 4.18. The number of ether oxygens (including phenoxy) is 1. The van der Waals surface area contributed by atoms with E-state index in [4.69, 9.17) is 4.74 Å². The van der Waals surface area contributed by atoms with Gasteiger partial charge in [-0.2, -0.15) is 4.31 Å². The van der Waals surface area contributed by atoms with Gasteiger partial charge in [0.1, 0.15) is 5.82 Å². The predicted octanol–water partition coefficient (Wildman–Crippen LogP) is 3.77. The van der Waals surface area contributed by atoms with Crippen LogP contribution < -0.4 is 0 Å². The fourth-order valence-corrected chi connectivity index (χ4v) is 6.54. The zero-order valence-corrected chi connectivity index (χ0v) is 20.8. The van der Waals surface area contributed by atoms with Crippen molar-refractivity contribution in [2.45, 2.75) is 11.3 Å². The molecule has 5 rings (SSSR count). The Morgan fingerprint density at radius 2 is 1.77 bits per heavy atom. The van der Waals surface area contributed by atoms with Gasteiger partial charge in [0.25, 0.3) is 0 Å². The molecule has 1 saturated heterocycles. The Hall–Kier alpha value is -2.63. The minimum absolute atomic E-state index is 0.285. The van der Waals surface area contributed by atoms with Crippen LogP contribution in [0.5, 0.6) is 0 Å². The SMILES string of the molecule is O=S(=O)(c1ccccc1)N(CCc1csc2nc(-c3ccc(F)cc3)cn12)CCN1CCOCC1. The summed E-state index contributed by atoms with van der Waals surface area (Å²) in [4.78, 5) is 8.03. The van der Waals surface area contributed by atoms with Gasteiger partial charge in [0.2, 0.25) is 10.0 Å². The van der Waals surface area contributed by atoms with E-state index < -0.39 is 10.0 Å². The van der Waals surface area contributed by atoms with Crippen molar-refractivity contribution in [2.75, 3.05) is 45.9 Å². The summed E-state index contributed by atoms with van der Waals surface area (Å²) in [6, 6.07) is 14.9. The molecule has 0 aliphatic carbocycles. The summed E-state index contributed by atoms with van der Waals surface area (Å²) >= 11 is 1.51. The smallest absolute Gasteiger partial charge is 0.243 e. The number of hydrogen-bond donors (Lipinski definition) is 0. The molecule has 35 heavy (non-hydrogen) atoms. The zero-order valence-electron chi connectivity index (χ0n) is 19.2. The van der Waals surface area contributed by atoms with Gasteiger partial charge in [-0.25, -0.2) is 17.8 Å². The molecule has 0 radical (unpaired) electrons. The molecular formula is C25H27FN4O3S2. The maximum atomic E-state index is 13.5. The molecule has 1 fully saturated rings. The maximum absolute atomic E-state index is 13.5. The second-order valence-corrected chi connectivity index (χ2v) is 11.2. The number of imidazole rings is 1. The molecule has 0 amide bonds. The highest BCUT2D eigenvalue weighted by Gasteiger charge is 2.25. The van der Waals surface area contributed by atoms with Crippen molar-refractivity contribution >= 4 is 26.3 Å².